The molecular formula is C30H32N4O3. The van der Waals surface area contributed by atoms with Crippen LogP contribution in [0.2, 0.25) is 0 Å². The fraction of sp³-hybridized carbons (Fsp3) is 0.333. The van der Waals surface area contributed by atoms with Gasteiger partial charge in [-0.15, -0.1) is 0 Å². The molecule has 37 heavy (non-hydrogen) atoms. The third-order valence-electron chi connectivity index (χ3n) is 7.46. The highest BCUT2D eigenvalue weighted by Crippen LogP contribution is 2.38. The first-order valence-electron chi connectivity index (χ1n) is 12.8. The third-order valence-corrected chi connectivity index (χ3v) is 7.46. The molecule has 2 aromatic heterocycles. The van der Waals surface area contributed by atoms with Crippen molar-refractivity contribution >= 4 is 28.4 Å². The van der Waals surface area contributed by atoms with E-state index in [2.05, 4.69) is 17.1 Å². The summed E-state index contributed by atoms with van der Waals surface area (Å²) in [6, 6.07) is 19.8. The number of pyridine rings is 1. The molecule has 1 saturated carbocycles. The second-order valence-corrected chi connectivity index (χ2v) is 9.77. The van der Waals surface area contributed by atoms with Gasteiger partial charge in [0.15, 0.2) is 0 Å². The van der Waals surface area contributed by atoms with Crippen molar-refractivity contribution in [1.82, 2.24) is 14.5 Å². The molecule has 0 N–H and O–H groups in total. The van der Waals surface area contributed by atoms with Crippen LogP contribution in [0.25, 0.3) is 10.9 Å². The maximum atomic E-state index is 14.0. The first-order chi connectivity index (χ1) is 18.0. The molecular weight excluding hydrogens is 464 g/mol. The van der Waals surface area contributed by atoms with Crippen LogP contribution < -0.4 is 10.5 Å². The first-order valence-corrected chi connectivity index (χ1v) is 12.8. The summed E-state index contributed by atoms with van der Waals surface area (Å²) in [5.74, 6) is 1.50. The van der Waals surface area contributed by atoms with E-state index in [0.29, 0.717) is 28.5 Å². The predicted molar refractivity (Wildman–Crippen MR) is 145 cm³/mol. The Hall–Kier alpha value is -4.00. The van der Waals surface area contributed by atoms with Gasteiger partial charge >= 0.3 is 5.97 Å². The van der Waals surface area contributed by atoms with Crippen molar-refractivity contribution in [1.29, 1.82) is 0 Å². The summed E-state index contributed by atoms with van der Waals surface area (Å²) in [7, 11) is 3.30. The number of hydrogen-bond donors (Lipinski definition) is 0. The van der Waals surface area contributed by atoms with E-state index in [1.165, 1.54) is 20.0 Å². The molecule has 1 aliphatic rings. The molecule has 1 aliphatic carbocycles. The molecule has 4 aromatic rings. The highest BCUT2D eigenvalue weighted by atomic mass is 16.5. The van der Waals surface area contributed by atoms with Gasteiger partial charge in [0.1, 0.15) is 11.6 Å². The number of benzene rings is 2. The quantitative estimate of drug-likeness (QED) is 0.321. The van der Waals surface area contributed by atoms with Crippen molar-refractivity contribution in [3.63, 3.8) is 0 Å². The molecule has 7 heteroatoms. The van der Waals surface area contributed by atoms with Gasteiger partial charge in [-0.25, -0.2) is 9.97 Å². The number of esters is 1. The molecule has 0 bridgehead atoms. The summed E-state index contributed by atoms with van der Waals surface area (Å²) in [4.78, 5) is 37.0. The summed E-state index contributed by atoms with van der Waals surface area (Å²) in [5.41, 5.74) is 3.49. The van der Waals surface area contributed by atoms with E-state index >= 15 is 0 Å². The minimum absolute atomic E-state index is 0.0336. The lowest BCUT2D eigenvalue weighted by Crippen LogP contribution is -2.32. The van der Waals surface area contributed by atoms with Crippen LogP contribution in [-0.2, 0) is 16.0 Å². The Labute approximate surface area is 216 Å². The zero-order chi connectivity index (χ0) is 25.9. The lowest BCUT2D eigenvalue weighted by atomic mass is 9.91. The van der Waals surface area contributed by atoms with Gasteiger partial charge in [0.2, 0.25) is 0 Å². The number of aromatic nitrogens is 3. The second-order valence-electron chi connectivity index (χ2n) is 9.77. The fourth-order valence-corrected chi connectivity index (χ4v) is 5.48. The van der Waals surface area contributed by atoms with Crippen LogP contribution in [0.4, 0.5) is 11.5 Å². The van der Waals surface area contributed by atoms with Gasteiger partial charge < -0.3 is 9.64 Å². The Morgan fingerprint density at radius 2 is 1.81 bits per heavy atom. The predicted octanol–water partition coefficient (Wildman–Crippen LogP) is 5.36. The average Bonchev–Trinajstić information content (AvgIpc) is 3.46. The fourth-order valence-electron chi connectivity index (χ4n) is 5.48. The topological polar surface area (TPSA) is 77.3 Å². The smallest absolute Gasteiger partial charge is 0.309 e. The Bertz CT molecular complexity index is 1460. The molecule has 2 aromatic carbocycles. The highest BCUT2D eigenvalue weighted by Gasteiger charge is 2.30. The molecule has 0 radical (unpaired) electrons. The van der Waals surface area contributed by atoms with Crippen molar-refractivity contribution in [2.45, 2.75) is 45.1 Å². The Kier molecular flexibility index (Phi) is 7.04. The van der Waals surface area contributed by atoms with Crippen LogP contribution in [0.1, 0.15) is 48.7 Å². The van der Waals surface area contributed by atoms with Crippen LogP contribution in [0.5, 0.6) is 0 Å². The number of nitrogens with zero attached hydrogens (tertiary/aromatic N) is 4. The summed E-state index contributed by atoms with van der Waals surface area (Å²) < 4.78 is 6.65. The van der Waals surface area contributed by atoms with Gasteiger partial charge in [-0.1, -0.05) is 55.3 Å². The minimum Gasteiger partial charge on any atom is -0.469 e. The normalized spacial score (nSPS) is 14.6. The third kappa shape index (κ3) is 4.99. The molecule has 1 unspecified atom stereocenters. The molecule has 1 atom stereocenters. The number of ether oxygens (including phenoxy) is 1. The molecule has 7 nitrogen and oxygen atoms in total. The van der Waals surface area contributed by atoms with Crippen LogP contribution in [0.15, 0.2) is 71.7 Å². The Balaban J connectivity index is 1.54. The number of anilines is 2. The zero-order valence-electron chi connectivity index (χ0n) is 21.6. The minimum atomic E-state index is -0.275. The maximum absolute atomic E-state index is 14.0. The molecule has 2 heterocycles. The number of hydrogen-bond acceptors (Lipinski definition) is 6. The van der Waals surface area contributed by atoms with Crippen molar-refractivity contribution in [2.75, 3.05) is 19.1 Å². The number of aryl methyl sites for hydroxylation is 1. The second kappa shape index (κ2) is 10.5. The first kappa shape index (κ1) is 24.7. The van der Waals surface area contributed by atoms with E-state index in [0.717, 1.165) is 29.7 Å². The van der Waals surface area contributed by atoms with Crippen LogP contribution in [0, 0.1) is 12.8 Å². The number of rotatable bonds is 7. The van der Waals surface area contributed by atoms with Crippen molar-refractivity contribution in [2.24, 2.45) is 5.92 Å². The van der Waals surface area contributed by atoms with E-state index in [-0.39, 0.29) is 24.0 Å². The Morgan fingerprint density at radius 3 is 2.49 bits per heavy atom. The van der Waals surface area contributed by atoms with Gasteiger partial charge in [-0.3, -0.25) is 14.2 Å². The summed E-state index contributed by atoms with van der Waals surface area (Å²) in [5, 5.41) is 0.559. The zero-order valence-corrected chi connectivity index (χ0v) is 21.6. The molecule has 0 spiro atoms. The van der Waals surface area contributed by atoms with E-state index < -0.39 is 0 Å². The van der Waals surface area contributed by atoms with Gasteiger partial charge in [0, 0.05) is 12.7 Å². The standard InChI is InChI=1S/C30H32N4O3/c1-20-32-26-19-31-27(33(2)24-15-13-21(14-16-24)17-28(35)37-3)18-25(26)30(36)34(20)29(23-11-7-8-12-23)22-9-5-4-6-10-22/h4-6,9-10,13-16,18-19,23,29H,7-8,11-12,17H2,1-3H3. The summed E-state index contributed by atoms with van der Waals surface area (Å²) in [6.07, 6.45) is 6.52. The molecule has 0 saturated heterocycles. The number of fused-ring (bicyclic) bond motifs is 1. The van der Waals surface area contributed by atoms with Crippen molar-refractivity contribution < 1.29 is 9.53 Å². The monoisotopic (exact) mass is 496 g/mol. The van der Waals surface area contributed by atoms with Crippen LogP contribution >= 0.6 is 0 Å². The SMILES string of the molecule is COC(=O)Cc1ccc(N(C)c2cc3c(=O)n(C(c4ccccc4)C4CCCC4)c(C)nc3cn2)cc1. The van der Waals surface area contributed by atoms with Crippen LogP contribution in [0.3, 0.4) is 0 Å². The van der Waals surface area contributed by atoms with E-state index in [1.54, 1.807) is 6.20 Å². The lowest BCUT2D eigenvalue weighted by Gasteiger charge is -2.28. The number of methoxy groups -OCH3 is 1. The average molecular weight is 497 g/mol. The Morgan fingerprint density at radius 1 is 1.11 bits per heavy atom. The van der Waals surface area contributed by atoms with Gasteiger partial charge in [-0.05, 0) is 55.0 Å². The molecule has 0 aliphatic heterocycles. The van der Waals surface area contributed by atoms with Gasteiger partial charge in [-0.2, -0.15) is 0 Å². The van der Waals surface area contributed by atoms with Crippen molar-refractivity contribution in [3.8, 4) is 0 Å². The molecule has 5 rings (SSSR count). The number of carbonyl (C=O) groups is 1. The van der Waals surface area contributed by atoms with Crippen LogP contribution in [-0.4, -0.2) is 34.7 Å². The van der Waals surface area contributed by atoms with E-state index in [1.807, 2.05) is 72.0 Å². The van der Waals surface area contributed by atoms with E-state index in [9.17, 15) is 9.59 Å². The van der Waals surface area contributed by atoms with E-state index in [4.69, 9.17) is 9.72 Å². The number of carbonyl (C=O) groups excluding carboxylic acids is 1. The van der Waals surface area contributed by atoms with Gasteiger partial charge in [0.05, 0.1) is 36.7 Å². The summed E-state index contributed by atoms with van der Waals surface area (Å²) in [6.45, 7) is 1.92. The molecule has 190 valence electrons. The lowest BCUT2D eigenvalue weighted by molar-refractivity contribution is -0.139. The van der Waals surface area contributed by atoms with Crippen molar-refractivity contribution in [3.05, 3.63) is 94.2 Å². The maximum Gasteiger partial charge on any atom is 0.309 e. The largest absolute Gasteiger partial charge is 0.469 e. The molecule has 0 amide bonds. The van der Waals surface area contributed by atoms with Gasteiger partial charge in [0.25, 0.3) is 5.56 Å². The molecule has 1 fully saturated rings. The highest BCUT2D eigenvalue weighted by molar-refractivity contribution is 5.81. The summed E-state index contributed by atoms with van der Waals surface area (Å²) >= 11 is 0.